The molecule has 0 aromatic heterocycles. The molecule has 188 valence electrons. The van der Waals surface area contributed by atoms with Gasteiger partial charge < -0.3 is 10.2 Å². The minimum absolute atomic E-state index is 0.0626. The van der Waals surface area contributed by atoms with Crippen molar-refractivity contribution in [2.45, 2.75) is 45.8 Å². The van der Waals surface area contributed by atoms with Gasteiger partial charge in [0.1, 0.15) is 0 Å². The molecule has 0 saturated carbocycles. The number of carbonyl (C=O) groups is 3. The number of hydrogen-bond donors (Lipinski definition) is 1. The van der Waals surface area contributed by atoms with E-state index in [1.807, 2.05) is 13.8 Å². The number of anilines is 1. The number of nitrogens with one attached hydrogen (secondary N) is 1. The van der Waals surface area contributed by atoms with Crippen molar-refractivity contribution >= 4 is 23.5 Å². The van der Waals surface area contributed by atoms with Gasteiger partial charge in [-0.15, -0.1) is 0 Å². The van der Waals surface area contributed by atoms with Gasteiger partial charge in [0.2, 0.25) is 0 Å². The van der Waals surface area contributed by atoms with Crippen LogP contribution in [-0.4, -0.2) is 66.4 Å². The second-order valence-corrected chi connectivity index (χ2v) is 8.93. The minimum atomic E-state index is -4.79. The fraction of sp³-hybridized carbons (Fsp3) is 0.500. The van der Waals surface area contributed by atoms with Gasteiger partial charge in [0.25, 0.3) is 11.8 Å². The zero-order valence-electron chi connectivity index (χ0n) is 19.9. The molecule has 2 heterocycles. The van der Waals surface area contributed by atoms with Crippen LogP contribution >= 0.6 is 0 Å². The van der Waals surface area contributed by atoms with E-state index in [0.29, 0.717) is 51.6 Å². The number of urea groups is 1. The Morgan fingerprint density at radius 1 is 1.14 bits per heavy atom. The van der Waals surface area contributed by atoms with Crippen LogP contribution in [0.25, 0.3) is 0 Å². The molecule has 4 amide bonds. The fourth-order valence-corrected chi connectivity index (χ4v) is 4.21. The van der Waals surface area contributed by atoms with Gasteiger partial charge in [-0.25, -0.2) is 9.69 Å². The summed E-state index contributed by atoms with van der Waals surface area (Å²) in [6.07, 6.45) is -3.90. The predicted molar refractivity (Wildman–Crippen MR) is 122 cm³/mol. The first kappa shape index (κ1) is 26.2. The van der Waals surface area contributed by atoms with Crippen LogP contribution in [0.2, 0.25) is 0 Å². The molecule has 2 aliphatic heterocycles. The number of halogens is 3. The summed E-state index contributed by atoms with van der Waals surface area (Å²) in [7, 11) is 0. The molecule has 35 heavy (non-hydrogen) atoms. The zero-order chi connectivity index (χ0) is 25.9. The molecule has 0 bridgehead atoms. The first-order valence-electron chi connectivity index (χ1n) is 11.4. The van der Waals surface area contributed by atoms with E-state index in [9.17, 15) is 27.6 Å². The van der Waals surface area contributed by atoms with Gasteiger partial charge in [0, 0.05) is 43.4 Å². The Morgan fingerprint density at radius 3 is 2.37 bits per heavy atom. The van der Waals surface area contributed by atoms with Gasteiger partial charge in [-0.2, -0.15) is 18.4 Å². The smallest absolute Gasteiger partial charge is 0.336 e. The predicted octanol–water partition coefficient (Wildman–Crippen LogP) is 3.28. The van der Waals surface area contributed by atoms with Gasteiger partial charge in [-0.1, -0.05) is 0 Å². The van der Waals surface area contributed by atoms with E-state index in [0.717, 1.165) is 11.0 Å². The van der Waals surface area contributed by atoms with Gasteiger partial charge in [0.15, 0.2) is 0 Å². The molecule has 0 spiro atoms. The molecule has 0 radical (unpaired) electrons. The maximum absolute atomic E-state index is 13.3. The van der Waals surface area contributed by atoms with Crippen molar-refractivity contribution in [3.05, 3.63) is 40.5 Å². The fourth-order valence-electron chi connectivity index (χ4n) is 4.21. The van der Waals surface area contributed by atoms with E-state index in [1.54, 1.807) is 4.90 Å². The Labute approximate surface area is 202 Å². The van der Waals surface area contributed by atoms with Crippen LogP contribution < -0.4 is 10.2 Å². The number of piperazine rings is 1. The van der Waals surface area contributed by atoms with Crippen molar-refractivity contribution in [3.8, 4) is 6.07 Å². The number of nitriles is 1. The van der Waals surface area contributed by atoms with Crippen molar-refractivity contribution in [2.24, 2.45) is 0 Å². The molecular weight excluding hydrogens is 463 g/mol. The molecule has 11 heteroatoms. The lowest BCUT2D eigenvalue weighted by Gasteiger charge is -2.35. The van der Waals surface area contributed by atoms with E-state index in [-0.39, 0.29) is 28.9 Å². The third-order valence-electron chi connectivity index (χ3n) is 6.10. The second kappa shape index (κ2) is 10.5. The van der Waals surface area contributed by atoms with E-state index in [1.165, 1.54) is 19.1 Å². The summed E-state index contributed by atoms with van der Waals surface area (Å²) in [5.74, 6) is -1.30. The Bertz CT molecular complexity index is 1080. The van der Waals surface area contributed by atoms with Crippen LogP contribution in [0.4, 0.5) is 23.7 Å². The second-order valence-electron chi connectivity index (χ2n) is 8.93. The lowest BCUT2D eigenvalue weighted by atomic mass is 10.1. The Hall–Kier alpha value is -3.39. The number of imide groups is 1. The molecule has 2 aliphatic rings. The van der Waals surface area contributed by atoms with Gasteiger partial charge in [-0.3, -0.25) is 14.5 Å². The minimum Gasteiger partial charge on any atom is -0.336 e. The van der Waals surface area contributed by atoms with Crippen LogP contribution in [-0.2, 0) is 15.8 Å². The van der Waals surface area contributed by atoms with Crippen LogP contribution in [0.15, 0.2) is 29.3 Å². The molecule has 1 fully saturated rings. The number of benzene rings is 1. The topological polar surface area (TPSA) is 96.8 Å². The standard InChI is InChI=1S/C24H28F3N5O3/c1-15(2)29-23(35)31-11-9-30(10-12-31)8-4-5-19-16(3)21(33)32(22(19)34)18-7-6-17(14-28)20(13-18)24(25,26)27/h6-7,13,15H,4-5,8-12H2,1-3H3,(H,29,35). The normalized spacial score (nSPS) is 17.4. The molecule has 1 saturated heterocycles. The van der Waals surface area contributed by atoms with Gasteiger partial charge in [-0.05, 0) is 58.4 Å². The SMILES string of the molecule is CC1=C(CCCN2CCN(C(=O)NC(C)C)CC2)C(=O)N(c2ccc(C#N)c(C(F)(F)F)c2)C1=O. The number of nitrogens with zero attached hydrogens (tertiary/aromatic N) is 4. The monoisotopic (exact) mass is 491 g/mol. The molecule has 0 aliphatic carbocycles. The quantitative estimate of drug-likeness (QED) is 0.616. The zero-order valence-corrected chi connectivity index (χ0v) is 19.9. The van der Waals surface area contributed by atoms with Crippen molar-refractivity contribution < 1.29 is 27.6 Å². The van der Waals surface area contributed by atoms with Crippen molar-refractivity contribution in [1.82, 2.24) is 15.1 Å². The van der Waals surface area contributed by atoms with Crippen LogP contribution in [0.1, 0.15) is 44.7 Å². The highest BCUT2D eigenvalue weighted by atomic mass is 19.4. The molecular formula is C24H28F3N5O3. The van der Waals surface area contributed by atoms with E-state index in [4.69, 9.17) is 5.26 Å². The molecule has 1 aromatic rings. The first-order valence-corrected chi connectivity index (χ1v) is 11.4. The highest BCUT2D eigenvalue weighted by molar-refractivity contribution is 6.32. The summed E-state index contributed by atoms with van der Waals surface area (Å²) in [5.41, 5.74) is -1.49. The van der Waals surface area contributed by atoms with E-state index < -0.39 is 29.1 Å². The number of rotatable bonds is 6. The average Bonchev–Trinajstić information content (AvgIpc) is 3.01. The highest BCUT2D eigenvalue weighted by Crippen LogP contribution is 2.36. The van der Waals surface area contributed by atoms with Crippen molar-refractivity contribution in [3.63, 3.8) is 0 Å². The Morgan fingerprint density at radius 2 is 1.80 bits per heavy atom. The molecule has 0 unspecified atom stereocenters. The lowest BCUT2D eigenvalue weighted by molar-refractivity contribution is -0.138. The number of carbonyl (C=O) groups excluding carboxylic acids is 3. The Kier molecular flexibility index (Phi) is 7.85. The summed E-state index contributed by atoms with van der Waals surface area (Å²) < 4.78 is 40.0. The molecule has 8 nitrogen and oxygen atoms in total. The summed E-state index contributed by atoms with van der Waals surface area (Å²) in [6.45, 7) is 8.51. The Balaban J connectivity index is 1.60. The van der Waals surface area contributed by atoms with Crippen LogP contribution in [0, 0.1) is 11.3 Å². The van der Waals surface area contributed by atoms with Gasteiger partial charge >= 0.3 is 12.2 Å². The van der Waals surface area contributed by atoms with Crippen LogP contribution in [0.5, 0.6) is 0 Å². The molecule has 3 rings (SSSR count). The van der Waals surface area contributed by atoms with E-state index >= 15 is 0 Å². The highest BCUT2D eigenvalue weighted by Gasteiger charge is 2.39. The number of hydrogen-bond acceptors (Lipinski definition) is 5. The first-order chi connectivity index (χ1) is 16.4. The van der Waals surface area contributed by atoms with Crippen molar-refractivity contribution in [1.29, 1.82) is 5.26 Å². The number of amides is 4. The molecule has 0 atom stereocenters. The molecule has 1 N–H and O–H groups in total. The third-order valence-corrected chi connectivity index (χ3v) is 6.10. The molecule has 1 aromatic carbocycles. The average molecular weight is 492 g/mol. The summed E-state index contributed by atoms with van der Waals surface area (Å²) in [6, 6.07) is 4.27. The summed E-state index contributed by atoms with van der Waals surface area (Å²) >= 11 is 0. The third kappa shape index (κ3) is 5.82. The van der Waals surface area contributed by atoms with Gasteiger partial charge in [0.05, 0.1) is 22.9 Å². The lowest BCUT2D eigenvalue weighted by Crippen LogP contribution is -2.52. The van der Waals surface area contributed by atoms with E-state index in [2.05, 4.69) is 10.2 Å². The van der Waals surface area contributed by atoms with Crippen molar-refractivity contribution in [2.75, 3.05) is 37.6 Å². The maximum Gasteiger partial charge on any atom is 0.417 e. The summed E-state index contributed by atoms with van der Waals surface area (Å²) in [5, 5.41) is 11.8. The maximum atomic E-state index is 13.3. The largest absolute Gasteiger partial charge is 0.417 e. The number of alkyl halides is 3. The summed E-state index contributed by atoms with van der Waals surface area (Å²) in [4.78, 5) is 42.5. The van der Waals surface area contributed by atoms with Crippen LogP contribution in [0.3, 0.4) is 0 Å².